The van der Waals surface area contributed by atoms with E-state index >= 15 is 0 Å². The van der Waals surface area contributed by atoms with Gasteiger partial charge in [-0.05, 0) is 53.1 Å². The number of rotatable bonds is 3. The van der Waals surface area contributed by atoms with Gasteiger partial charge in [0, 0.05) is 15.2 Å². The van der Waals surface area contributed by atoms with Crippen LogP contribution in [0.4, 0.5) is 4.39 Å². The van der Waals surface area contributed by atoms with Crippen LogP contribution in [0.2, 0.25) is 0 Å². The minimum atomic E-state index is -0.168. The van der Waals surface area contributed by atoms with Gasteiger partial charge in [-0.3, -0.25) is 0 Å². The molecule has 0 spiro atoms. The Kier molecular flexibility index (Phi) is 4.80. The fourth-order valence-corrected chi connectivity index (χ4v) is 2.15. The van der Waals surface area contributed by atoms with Crippen LogP contribution in [0, 0.1) is 15.3 Å². The lowest BCUT2D eigenvalue weighted by Gasteiger charge is -2.12. The highest BCUT2D eigenvalue weighted by Gasteiger charge is 2.25. The molecule has 1 aliphatic carbocycles. The number of benzene rings is 1. The van der Waals surface area contributed by atoms with Crippen molar-refractivity contribution in [2.75, 3.05) is 0 Å². The maximum atomic E-state index is 13.4. The van der Waals surface area contributed by atoms with Crippen molar-refractivity contribution in [2.45, 2.75) is 25.3 Å². The van der Waals surface area contributed by atoms with Gasteiger partial charge in [0.1, 0.15) is 5.82 Å². The molecule has 1 aromatic rings. The van der Waals surface area contributed by atoms with Gasteiger partial charge in [0.15, 0.2) is 0 Å². The molecule has 0 bridgehead atoms. The van der Waals surface area contributed by atoms with Gasteiger partial charge in [-0.25, -0.2) is 4.39 Å². The monoisotopic (exact) mass is 341 g/mol. The lowest BCUT2D eigenvalue weighted by atomic mass is 10.0. The zero-order valence-corrected chi connectivity index (χ0v) is 11.2. The summed E-state index contributed by atoms with van der Waals surface area (Å²) in [4.78, 5) is 0. The van der Waals surface area contributed by atoms with Crippen LogP contribution in [0.5, 0.6) is 0 Å². The van der Waals surface area contributed by atoms with E-state index in [4.69, 9.17) is 5.73 Å². The van der Waals surface area contributed by atoms with Crippen LogP contribution in [-0.2, 0) is 0 Å². The molecule has 2 rings (SSSR count). The van der Waals surface area contributed by atoms with E-state index in [9.17, 15) is 4.39 Å². The van der Waals surface area contributed by atoms with Crippen molar-refractivity contribution in [1.82, 2.24) is 0 Å². The molecule has 1 nitrogen and oxygen atoms in total. The summed E-state index contributed by atoms with van der Waals surface area (Å²) >= 11 is 2.18. The highest BCUT2D eigenvalue weighted by Crippen LogP contribution is 2.37. The van der Waals surface area contributed by atoms with Crippen molar-refractivity contribution in [3.05, 3.63) is 33.1 Å². The first-order chi connectivity index (χ1) is 6.66. The number of hydrogen-bond donors (Lipinski definition) is 1. The average Bonchev–Trinajstić information content (AvgIpc) is 2.93. The van der Waals surface area contributed by atoms with E-state index in [2.05, 4.69) is 22.6 Å². The summed E-state index contributed by atoms with van der Waals surface area (Å²) in [5.41, 5.74) is 6.63. The van der Waals surface area contributed by atoms with Crippen molar-refractivity contribution in [2.24, 2.45) is 11.7 Å². The Morgan fingerprint density at radius 1 is 1.47 bits per heavy atom. The molecule has 1 aliphatic rings. The van der Waals surface area contributed by atoms with E-state index in [1.807, 2.05) is 6.07 Å². The van der Waals surface area contributed by atoms with Gasteiger partial charge in [-0.15, -0.1) is 12.4 Å². The van der Waals surface area contributed by atoms with Gasteiger partial charge in [0.2, 0.25) is 0 Å². The predicted octanol–water partition coefficient (Wildman–Crippen LogP) is 3.65. The summed E-state index contributed by atoms with van der Waals surface area (Å²) in [7, 11) is 0. The lowest BCUT2D eigenvalue weighted by molar-refractivity contribution is 0.542. The molecule has 0 saturated heterocycles. The zero-order chi connectivity index (χ0) is 10.1. The molecule has 2 N–H and O–H groups in total. The molecule has 0 heterocycles. The van der Waals surface area contributed by atoms with Gasteiger partial charge in [0.25, 0.3) is 0 Å². The maximum Gasteiger partial charge on any atom is 0.128 e. The Morgan fingerprint density at radius 3 is 2.73 bits per heavy atom. The normalized spacial score (nSPS) is 17.0. The quantitative estimate of drug-likeness (QED) is 0.835. The average molecular weight is 342 g/mol. The Balaban J connectivity index is 0.00000112. The van der Waals surface area contributed by atoms with E-state index < -0.39 is 0 Å². The summed E-state index contributed by atoms with van der Waals surface area (Å²) in [6.45, 7) is 0. The SMILES string of the molecule is Cl.N[C@@H](CC1CC1)c1cc(I)ccc1F. The largest absolute Gasteiger partial charge is 0.324 e. The maximum absolute atomic E-state index is 13.4. The Bertz CT molecular complexity index is 341. The van der Waals surface area contributed by atoms with Crippen molar-refractivity contribution >= 4 is 35.0 Å². The summed E-state index contributed by atoms with van der Waals surface area (Å²) < 4.78 is 14.5. The molecule has 84 valence electrons. The van der Waals surface area contributed by atoms with Gasteiger partial charge < -0.3 is 5.73 Å². The minimum absolute atomic E-state index is 0. The molecule has 0 aromatic heterocycles. The van der Waals surface area contributed by atoms with Crippen molar-refractivity contribution < 1.29 is 4.39 Å². The molecule has 0 amide bonds. The van der Waals surface area contributed by atoms with Crippen LogP contribution in [-0.4, -0.2) is 0 Å². The van der Waals surface area contributed by atoms with Gasteiger partial charge in [0.05, 0.1) is 0 Å². The van der Waals surface area contributed by atoms with Crippen molar-refractivity contribution in [3.63, 3.8) is 0 Å². The van der Waals surface area contributed by atoms with E-state index in [-0.39, 0.29) is 24.3 Å². The smallest absolute Gasteiger partial charge is 0.128 e. The second-order valence-corrected chi connectivity index (χ2v) is 5.20. The summed E-state index contributed by atoms with van der Waals surface area (Å²) in [6, 6.07) is 4.99. The third-order valence-electron chi connectivity index (χ3n) is 2.64. The molecule has 0 aliphatic heterocycles. The van der Waals surface area contributed by atoms with Crippen LogP contribution in [0.3, 0.4) is 0 Å². The third kappa shape index (κ3) is 3.57. The molecule has 0 radical (unpaired) electrons. The summed E-state index contributed by atoms with van der Waals surface area (Å²) in [6.07, 6.45) is 3.45. The van der Waals surface area contributed by atoms with Crippen LogP contribution >= 0.6 is 35.0 Å². The van der Waals surface area contributed by atoms with E-state index in [0.717, 1.165) is 15.9 Å². The molecular formula is C11H14ClFIN. The second-order valence-electron chi connectivity index (χ2n) is 3.95. The Hall–Kier alpha value is 0.130. The summed E-state index contributed by atoms with van der Waals surface area (Å²) in [5, 5.41) is 0. The Labute approximate surface area is 109 Å². The van der Waals surface area contributed by atoms with E-state index in [1.165, 1.54) is 18.9 Å². The fourth-order valence-electron chi connectivity index (χ4n) is 1.64. The van der Waals surface area contributed by atoms with Crippen molar-refractivity contribution in [1.29, 1.82) is 0 Å². The molecule has 4 heteroatoms. The molecule has 1 atom stereocenters. The van der Waals surface area contributed by atoms with Crippen LogP contribution < -0.4 is 5.73 Å². The van der Waals surface area contributed by atoms with Gasteiger partial charge >= 0.3 is 0 Å². The van der Waals surface area contributed by atoms with Crippen molar-refractivity contribution in [3.8, 4) is 0 Å². The first-order valence-electron chi connectivity index (χ1n) is 4.87. The zero-order valence-electron chi connectivity index (χ0n) is 8.25. The number of halogens is 3. The number of hydrogen-bond acceptors (Lipinski definition) is 1. The molecule has 1 saturated carbocycles. The highest BCUT2D eigenvalue weighted by molar-refractivity contribution is 14.1. The molecular weight excluding hydrogens is 327 g/mol. The molecule has 1 aromatic carbocycles. The first kappa shape index (κ1) is 13.2. The third-order valence-corrected chi connectivity index (χ3v) is 3.31. The van der Waals surface area contributed by atoms with Crippen LogP contribution in [0.1, 0.15) is 30.9 Å². The van der Waals surface area contributed by atoms with Crippen LogP contribution in [0.15, 0.2) is 18.2 Å². The molecule has 0 unspecified atom stereocenters. The predicted molar refractivity (Wildman–Crippen MR) is 70.6 cm³/mol. The molecule has 1 fully saturated rings. The molecule has 15 heavy (non-hydrogen) atoms. The number of nitrogens with two attached hydrogens (primary N) is 1. The second kappa shape index (κ2) is 5.46. The topological polar surface area (TPSA) is 26.0 Å². The van der Waals surface area contributed by atoms with E-state index in [0.29, 0.717) is 5.56 Å². The first-order valence-corrected chi connectivity index (χ1v) is 5.95. The lowest BCUT2D eigenvalue weighted by Crippen LogP contribution is -2.13. The van der Waals surface area contributed by atoms with E-state index in [1.54, 1.807) is 6.07 Å². The minimum Gasteiger partial charge on any atom is -0.324 e. The fraction of sp³-hybridized carbons (Fsp3) is 0.455. The van der Waals surface area contributed by atoms with Gasteiger partial charge in [-0.2, -0.15) is 0 Å². The van der Waals surface area contributed by atoms with Crippen LogP contribution in [0.25, 0.3) is 0 Å². The van der Waals surface area contributed by atoms with Gasteiger partial charge in [-0.1, -0.05) is 12.8 Å². The summed E-state index contributed by atoms with van der Waals surface area (Å²) in [5.74, 6) is 0.570. The highest BCUT2D eigenvalue weighted by atomic mass is 127. The standard InChI is InChI=1S/C11H13FIN.ClH/c12-10-4-3-8(13)6-9(10)11(14)5-7-1-2-7;/h3-4,6-7,11H,1-2,5,14H2;1H/t11-;/m0./s1. The Morgan fingerprint density at radius 2 is 2.13 bits per heavy atom.